The van der Waals surface area contributed by atoms with Crippen molar-refractivity contribution < 1.29 is 4.79 Å². The van der Waals surface area contributed by atoms with E-state index in [0.717, 1.165) is 33.5 Å². The second kappa shape index (κ2) is 10.1. The summed E-state index contributed by atoms with van der Waals surface area (Å²) in [7, 11) is 0. The van der Waals surface area contributed by atoms with Gasteiger partial charge in [-0.15, -0.1) is 0 Å². The third kappa shape index (κ3) is 3.33. The van der Waals surface area contributed by atoms with Crippen molar-refractivity contribution in [3.63, 3.8) is 0 Å². The van der Waals surface area contributed by atoms with Crippen LogP contribution >= 0.6 is 0 Å². The van der Waals surface area contributed by atoms with Gasteiger partial charge in [0.05, 0.1) is 17.1 Å². The molecule has 5 aliphatic heterocycles. The Balaban J connectivity index is 1.28. The number of urea groups is 1. The molecular weight excluding hydrogens is 702 g/mol. The predicted molar refractivity (Wildman–Crippen MR) is 245 cm³/mol. The molecule has 3 nitrogen and oxygen atoms in total. The summed E-state index contributed by atoms with van der Waals surface area (Å²) in [5.41, 5.74) is 16.6. The van der Waals surface area contributed by atoms with Crippen molar-refractivity contribution >= 4 is 118 Å². The molecule has 58 heavy (non-hydrogen) atoms. The Morgan fingerprint density at radius 3 is 1.57 bits per heavy atom. The lowest BCUT2D eigenvalue weighted by Crippen LogP contribution is -2.68. The van der Waals surface area contributed by atoms with Crippen LogP contribution in [-0.4, -0.2) is 19.5 Å². The van der Waals surface area contributed by atoms with Crippen LogP contribution in [0.2, 0.25) is 0 Å². The van der Waals surface area contributed by atoms with Gasteiger partial charge in [0.15, 0.2) is 0 Å². The molecular formula is C53H36B2N2O. The first-order valence-electron chi connectivity index (χ1n) is 20.7. The third-order valence-corrected chi connectivity index (χ3v) is 15.0. The van der Waals surface area contributed by atoms with Gasteiger partial charge in [0.2, 0.25) is 13.4 Å². The summed E-state index contributed by atoms with van der Waals surface area (Å²) in [5.74, 6) is 0. The summed E-state index contributed by atoms with van der Waals surface area (Å²) in [6.07, 6.45) is 0. The molecule has 5 aliphatic rings. The van der Waals surface area contributed by atoms with Crippen LogP contribution in [0.25, 0.3) is 43.1 Å². The largest absolute Gasteiger partial charge is 0.338 e. The van der Waals surface area contributed by atoms with Gasteiger partial charge in [-0.05, 0) is 77.1 Å². The molecule has 0 bridgehead atoms. The van der Waals surface area contributed by atoms with E-state index in [-0.39, 0.29) is 30.3 Å². The molecule has 270 valence electrons. The van der Waals surface area contributed by atoms with Gasteiger partial charge in [0, 0.05) is 32.7 Å². The van der Waals surface area contributed by atoms with Crippen molar-refractivity contribution in [1.29, 1.82) is 0 Å². The Morgan fingerprint density at radius 1 is 0.414 bits per heavy atom. The standard InChI is InChI=1S/C53H36B2N2O/c1-52(2)35-22-11-13-25-39(35)54-44-33-20-9-7-18-31(33)42-32-19-8-10-21-34(32)45-50-43(42)49(44)56(41-27-15-24-37(52)46(41)54)51(58)57(50)48-30-17-6-5-16-29(30)28-38-47(48)55(45)40-26-14-12-23-36(40)53(38,3)4/h5-28H,1-4H3. The highest BCUT2D eigenvalue weighted by Gasteiger charge is 2.55. The van der Waals surface area contributed by atoms with E-state index in [2.05, 4.69) is 183 Å². The van der Waals surface area contributed by atoms with Crippen molar-refractivity contribution in [3.05, 3.63) is 168 Å². The van der Waals surface area contributed by atoms with Gasteiger partial charge in [-0.1, -0.05) is 178 Å². The van der Waals surface area contributed by atoms with E-state index >= 15 is 4.79 Å². The average Bonchev–Trinajstić information content (AvgIpc) is 3.25. The fourth-order valence-corrected chi connectivity index (χ4v) is 12.8. The van der Waals surface area contributed by atoms with Gasteiger partial charge in [0.25, 0.3) is 0 Å². The SMILES string of the molecule is CC1(C)c2ccccc2B2c3c(cccc31)N1C(=O)N3c4c5c(cc6ccccc46)C(C)(C)c4ccccc4B5c4c3c3c1c2c1ccccc1c3c1ccccc41. The molecule has 5 heterocycles. The summed E-state index contributed by atoms with van der Waals surface area (Å²) < 4.78 is 0. The van der Waals surface area contributed by atoms with E-state index in [4.69, 9.17) is 0 Å². The lowest BCUT2D eigenvalue weighted by Gasteiger charge is -2.51. The number of carbonyl (C=O) groups is 1. The normalized spacial score (nSPS) is 16.8. The zero-order chi connectivity index (χ0) is 38.6. The van der Waals surface area contributed by atoms with Crippen LogP contribution < -0.4 is 42.6 Å². The molecule has 0 aromatic heterocycles. The quantitative estimate of drug-likeness (QED) is 0.113. The summed E-state index contributed by atoms with van der Waals surface area (Å²) in [5, 5.41) is 9.60. The van der Waals surface area contributed by atoms with Crippen molar-refractivity contribution in [2.45, 2.75) is 38.5 Å². The number of fused-ring (bicyclic) bond motifs is 16. The first-order chi connectivity index (χ1) is 28.3. The maximum absolute atomic E-state index is 16.5. The minimum Gasteiger partial charge on any atom is -0.263 e. The molecule has 0 unspecified atom stereocenters. The molecule has 0 saturated carbocycles. The Morgan fingerprint density at radius 2 is 0.914 bits per heavy atom. The summed E-state index contributed by atoms with van der Waals surface area (Å²) in [6.45, 7) is 9.36. The van der Waals surface area contributed by atoms with E-state index in [1.165, 1.54) is 87.3 Å². The lowest BCUT2D eigenvalue weighted by atomic mass is 9.28. The number of hydrogen-bond donors (Lipinski definition) is 0. The van der Waals surface area contributed by atoms with Crippen LogP contribution in [0.1, 0.15) is 49.9 Å². The smallest absolute Gasteiger partial charge is 0.263 e. The number of rotatable bonds is 0. The molecule has 0 atom stereocenters. The summed E-state index contributed by atoms with van der Waals surface area (Å²) in [6, 6.07) is 54.1. The fraction of sp³-hybridized carbons (Fsp3) is 0.113. The van der Waals surface area contributed by atoms with E-state index in [9.17, 15) is 0 Å². The van der Waals surface area contributed by atoms with Crippen LogP contribution in [0, 0.1) is 0 Å². The Labute approximate surface area is 337 Å². The fourth-order valence-electron chi connectivity index (χ4n) is 12.8. The zero-order valence-electron chi connectivity index (χ0n) is 32.8. The van der Waals surface area contributed by atoms with Crippen LogP contribution in [0.5, 0.6) is 0 Å². The molecule has 0 saturated heterocycles. The minimum atomic E-state index is -0.283. The van der Waals surface area contributed by atoms with Gasteiger partial charge >= 0.3 is 6.03 Å². The van der Waals surface area contributed by atoms with Gasteiger partial charge in [0.1, 0.15) is 0 Å². The number of anilines is 4. The number of benzene rings is 9. The first kappa shape index (κ1) is 31.5. The maximum atomic E-state index is 16.5. The molecule has 9 aromatic rings. The highest BCUT2D eigenvalue weighted by molar-refractivity contribution is 7.02. The molecule has 9 aromatic carbocycles. The molecule has 14 rings (SSSR count). The first-order valence-corrected chi connectivity index (χ1v) is 20.7. The highest BCUT2D eigenvalue weighted by Crippen LogP contribution is 2.55. The number of amides is 2. The van der Waals surface area contributed by atoms with E-state index in [0.29, 0.717) is 0 Å². The molecule has 0 radical (unpaired) electrons. The predicted octanol–water partition coefficient (Wildman–Crippen LogP) is 8.65. The zero-order valence-corrected chi connectivity index (χ0v) is 32.8. The van der Waals surface area contributed by atoms with Crippen LogP contribution in [0.3, 0.4) is 0 Å². The molecule has 0 N–H and O–H groups in total. The summed E-state index contributed by atoms with van der Waals surface area (Å²) >= 11 is 0. The second-order valence-electron chi connectivity index (χ2n) is 18.3. The van der Waals surface area contributed by atoms with Crippen LogP contribution in [0.4, 0.5) is 27.5 Å². The van der Waals surface area contributed by atoms with Crippen molar-refractivity contribution in [3.8, 4) is 0 Å². The monoisotopic (exact) mass is 738 g/mol. The number of nitrogens with zero attached hydrogens (tertiary/aromatic N) is 2. The number of hydrogen-bond acceptors (Lipinski definition) is 1. The topological polar surface area (TPSA) is 23.6 Å². The van der Waals surface area contributed by atoms with E-state index < -0.39 is 0 Å². The average molecular weight is 739 g/mol. The number of carbonyl (C=O) groups excluding carboxylic acids is 1. The minimum absolute atomic E-state index is 0.000884. The van der Waals surface area contributed by atoms with Crippen LogP contribution in [-0.2, 0) is 10.8 Å². The van der Waals surface area contributed by atoms with Gasteiger partial charge in [-0.3, -0.25) is 9.80 Å². The van der Waals surface area contributed by atoms with Crippen molar-refractivity contribution in [1.82, 2.24) is 0 Å². The Bertz CT molecular complexity index is 3460. The molecule has 0 aliphatic carbocycles. The second-order valence-corrected chi connectivity index (χ2v) is 18.3. The van der Waals surface area contributed by atoms with E-state index in [1.54, 1.807) is 0 Å². The summed E-state index contributed by atoms with van der Waals surface area (Å²) in [4.78, 5) is 20.8. The lowest BCUT2D eigenvalue weighted by molar-refractivity contribution is 0.255. The molecule has 0 spiro atoms. The van der Waals surface area contributed by atoms with Crippen molar-refractivity contribution in [2.75, 3.05) is 9.80 Å². The van der Waals surface area contributed by atoms with Gasteiger partial charge in [-0.25, -0.2) is 4.79 Å². The Kier molecular flexibility index (Phi) is 5.49. The molecule has 0 fully saturated rings. The third-order valence-electron chi connectivity index (χ3n) is 15.0. The highest BCUT2D eigenvalue weighted by atomic mass is 16.2. The maximum Gasteiger partial charge on any atom is 0.338 e. The Hall–Kier alpha value is -6.58. The molecule has 2 amide bonds. The van der Waals surface area contributed by atoms with Gasteiger partial charge < -0.3 is 0 Å². The van der Waals surface area contributed by atoms with Crippen molar-refractivity contribution in [2.24, 2.45) is 0 Å². The van der Waals surface area contributed by atoms with Gasteiger partial charge in [-0.2, -0.15) is 0 Å². The van der Waals surface area contributed by atoms with Crippen LogP contribution in [0.15, 0.2) is 146 Å². The molecule has 5 heteroatoms. The van der Waals surface area contributed by atoms with E-state index in [1.807, 2.05) is 0 Å².